The first-order valence-electron chi connectivity index (χ1n) is 10.1. The van der Waals surface area contributed by atoms with E-state index >= 15 is 0 Å². The van der Waals surface area contributed by atoms with Gasteiger partial charge >= 0.3 is 0 Å². The molecular formula is C20H27ClN8O. The average Bonchev–Trinajstić information content (AvgIpc) is 3.12. The number of hydrogen-bond acceptors (Lipinski definition) is 7. The Bertz CT molecular complexity index is 882. The molecule has 0 aromatic carbocycles. The quantitative estimate of drug-likeness (QED) is 0.526. The second kappa shape index (κ2) is 9.39. The lowest BCUT2D eigenvalue weighted by Gasteiger charge is -2.41. The highest BCUT2D eigenvalue weighted by molar-refractivity contribution is 6.32. The number of carbonyl (C=O) groups is 1. The summed E-state index contributed by atoms with van der Waals surface area (Å²) in [4.78, 5) is 29.2. The van der Waals surface area contributed by atoms with Crippen molar-refractivity contribution in [1.82, 2.24) is 14.9 Å². The summed E-state index contributed by atoms with van der Waals surface area (Å²) in [5.74, 6) is 1.02. The zero-order valence-corrected chi connectivity index (χ0v) is 17.9. The van der Waals surface area contributed by atoms with E-state index in [2.05, 4.69) is 15.0 Å². The van der Waals surface area contributed by atoms with Gasteiger partial charge in [0.05, 0.1) is 12.3 Å². The van der Waals surface area contributed by atoms with Crippen LogP contribution >= 0.6 is 11.6 Å². The Labute approximate surface area is 181 Å². The molecule has 9 nitrogen and oxygen atoms in total. The van der Waals surface area contributed by atoms with Gasteiger partial charge in [0.15, 0.2) is 5.82 Å². The summed E-state index contributed by atoms with van der Waals surface area (Å²) in [6, 6.07) is 2.21. The lowest BCUT2D eigenvalue weighted by atomic mass is 9.78. The highest BCUT2D eigenvalue weighted by Gasteiger charge is 2.44. The van der Waals surface area contributed by atoms with E-state index in [1.807, 2.05) is 22.9 Å². The fourth-order valence-electron chi connectivity index (χ4n) is 4.53. The number of nitrogens with two attached hydrogens (primary N) is 1. The van der Waals surface area contributed by atoms with Crippen LogP contribution in [0.5, 0.6) is 0 Å². The minimum atomic E-state index is -0.0700. The number of nitrogens with zero attached hydrogens (tertiary/aromatic N) is 6. The molecular weight excluding hydrogens is 404 g/mol. The Morgan fingerprint density at radius 3 is 3.13 bits per heavy atom. The van der Waals surface area contributed by atoms with Crippen molar-refractivity contribution in [2.24, 2.45) is 16.1 Å². The number of nitriles is 1. The van der Waals surface area contributed by atoms with Gasteiger partial charge in [-0.1, -0.05) is 11.6 Å². The maximum absolute atomic E-state index is 12.2. The predicted molar refractivity (Wildman–Crippen MR) is 116 cm³/mol. The monoisotopic (exact) mass is 430 g/mol. The molecule has 1 spiro atoms. The summed E-state index contributed by atoms with van der Waals surface area (Å²) < 4.78 is 0. The van der Waals surface area contributed by atoms with Crippen molar-refractivity contribution in [3.05, 3.63) is 11.2 Å². The first-order chi connectivity index (χ1) is 14.4. The smallest absolute Gasteiger partial charge is 0.236 e. The van der Waals surface area contributed by atoms with Gasteiger partial charge in [0, 0.05) is 38.8 Å². The van der Waals surface area contributed by atoms with E-state index in [-0.39, 0.29) is 36.0 Å². The van der Waals surface area contributed by atoms with Gasteiger partial charge in [-0.05, 0) is 37.5 Å². The highest BCUT2D eigenvalue weighted by atomic mass is 35.5. The average molecular weight is 431 g/mol. The second-order valence-corrected chi connectivity index (χ2v) is 8.52. The molecule has 2 aliphatic rings. The van der Waals surface area contributed by atoms with Crippen LogP contribution in [0.1, 0.15) is 44.9 Å². The van der Waals surface area contributed by atoms with Crippen molar-refractivity contribution >= 4 is 41.3 Å². The van der Waals surface area contributed by atoms with Crippen LogP contribution in [0.4, 0.5) is 11.8 Å². The molecule has 1 aliphatic heterocycles. The minimum absolute atomic E-state index is 0.0531. The van der Waals surface area contributed by atoms with E-state index in [0.29, 0.717) is 16.8 Å². The third-order valence-corrected chi connectivity index (χ3v) is 6.32. The minimum Gasteiger partial charge on any atom is -0.387 e. The van der Waals surface area contributed by atoms with Gasteiger partial charge in [-0.2, -0.15) is 10.2 Å². The molecule has 2 atom stereocenters. The fourth-order valence-corrected chi connectivity index (χ4v) is 4.66. The maximum atomic E-state index is 12.2. The van der Waals surface area contributed by atoms with Gasteiger partial charge in [0.1, 0.15) is 17.3 Å². The Morgan fingerprint density at radius 2 is 2.40 bits per heavy atom. The van der Waals surface area contributed by atoms with E-state index in [0.717, 1.165) is 45.2 Å². The molecule has 3 rings (SSSR count). The van der Waals surface area contributed by atoms with Crippen LogP contribution in [0.25, 0.3) is 0 Å². The molecule has 1 aromatic rings. The van der Waals surface area contributed by atoms with Crippen molar-refractivity contribution < 1.29 is 4.79 Å². The molecule has 160 valence electrons. The second-order valence-electron chi connectivity index (χ2n) is 8.11. The molecule has 1 aliphatic carbocycles. The largest absolute Gasteiger partial charge is 0.387 e. The number of carbonyl (C=O) groups excluding carboxylic acids is 1. The standard InChI is InChI=1S/C20H27ClN8O/c1-28(19-25-12-15(21)18(27-19)26-16(24)4-8-22)14-3-7-20(11-14)6-2-10-29(13-20)17(30)5-9-23/h8,12,14,22H,2-7,10-11,13H2,1H3,(H2,24,25,26,27). The van der Waals surface area contributed by atoms with Gasteiger partial charge in [0.2, 0.25) is 11.9 Å². The summed E-state index contributed by atoms with van der Waals surface area (Å²) in [7, 11) is 1.96. The van der Waals surface area contributed by atoms with Gasteiger partial charge in [-0.15, -0.1) is 0 Å². The van der Waals surface area contributed by atoms with Crippen LogP contribution in [0.15, 0.2) is 11.2 Å². The lowest BCUT2D eigenvalue weighted by Crippen LogP contribution is -2.45. The number of piperidine rings is 1. The number of anilines is 1. The number of nitrogens with one attached hydrogen (secondary N) is 1. The number of halogens is 1. The zero-order valence-electron chi connectivity index (χ0n) is 17.1. The number of hydrogen-bond donors (Lipinski definition) is 2. The van der Waals surface area contributed by atoms with Crippen molar-refractivity contribution in [2.75, 3.05) is 25.0 Å². The molecule has 1 amide bonds. The van der Waals surface area contributed by atoms with Crippen LogP contribution < -0.4 is 10.6 Å². The Hall–Kier alpha value is -2.73. The molecule has 3 N–H and O–H groups in total. The molecule has 1 saturated heterocycles. The van der Waals surface area contributed by atoms with E-state index in [1.54, 1.807) is 0 Å². The van der Waals surface area contributed by atoms with E-state index in [1.165, 1.54) is 12.4 Å². The van der Waals surface area contributed by atoms with E-state index in [4.69, 9.17) is 28.0 Å². The van der Waals surface area contributed by atoms with Gasteiger partial charge < -0.3 is 20.9 Å². The summed E-state index contributed by atoms with van der Waals surface area (Å²) in [5.41, 5.74) is 5.89. The number of amidine groups is 1. The number of amides is 1. The molecule has 30 heavy (non-hydrogen) atoms. The van der Waals surface area contributed by atoms with Crippen LogP contribution in [-0.2, 0) is 4.79 Å². The summed E-state index contributed by atoms with van der Waals surface area (Å²) in [6.45, 7) is 1.45. The van der Waals surface area contributed by atoms with Crippen LogP contribution in [-0.4, -0.2) is 59.0 Å². The third-order valence-electron chi connectivity index (χ3n) is 6.06. The van der Waals surface area contributed by atoms with Crippen molar-refractivity contribution in [3.63, 3.8) is 0 Å². The van der Waals surface area contributed by atoms with E-state index < -0.39 is 0 Å². The first-order valence-corrected chi connectivity index (χ1v) is 10.5. The normalized spacial score (nSPS) is 24.0. The van der Waals surface area contributed by atoms with Crippen molar-refractivity contribution in [2.45, 2.75) is 51.0 Å². The summed E-state index contributed by atoms with van der Waals surface area (Å²) in [6.07, 6.45) is 7.89. The number of rotatable bonds is 6. The van der Waals surface area contributed by atoms with Gasteiger partial charge in [-0.25, -0.2) is 9.98 Å². The lowest BCUT2D eigenvalue weighted by molar-refractivity contribution is -0.133. The maximum Gasteiger partial charge on any atom is 0.236 e. The molecule has 2 fully saturated rings. The van der Waals surface area contributed by atoms with Crippen LogP contribution in [0.3, 0.4) is 0 Å². The molecule has 10 heteroatoms. The Kier molecular flexibility index (Phi) is 6.87. The SMILES string of the molecule is CN(c1ncc(Cl)c(N=C(N)CC=N)n1)C1CCC2(CCCN(C(=O)CC#N)C2)C1. The third kappa shape index (κ3) is 4.87. The summed E-state index contributed by atoms with van der Waals surface area (Å²) >= 11 is 6.17. The fraction of sp³-hybridized carbons (Fsp3) is 0.600. The Morgan fingerprint density at radius 1 is 1.60 bits per heavy atom. The number of likely N-dealkylation sites (tertiary alicyclic amines) is 1. The topological polar surface area (TPSA) is 135 Å². The molecule has 1 aromatic heterocycles. The number of aromatic nitrogens is 2. The number of aliphatic imine (C=N–C) groups is 1. The molecule has 1 saturated carbocycles. The van der Waals surface area contributed by atoms with Crippen LogP contribution in [0, 0.1) is 22.2 Å². The molecule has 0 bridgehead atoms. The van der Waals surface area contributed by atoms with Gasteiger partial charge in [0.25, 0.3) is 0 Å². The predicted octanol–water partition coefficient (Wildman–Crippen LogP) is 2.67. The van der Waals surface area contributed by atoms with E-state index in [9.17, 15) is 4.79 Å². The summed E-state index contributed by atoms with van der Waals surface area (Å²) in [5, 5.41) is 16.3. The van der Waals surface area contributed by atoms with Crippen molar-refractivity contribution in [1.29, 1.82) is 10.7 Å². The Balaban J connectivity index is 1.72. The van der Waals surface area contributed by atoms with Crippen molar-refractivity contribution in [3.8, 4) is 6.07 Å². The zero-order chi connectivity index (χ0) is 21.7. The van der Waals surface area contributed by atoms with Crippen LogP contribution in [0.2, 0.25) is 5.02 Å². The first kappa shape index (κ1) is 22.0. The van der Waals surface area contributed by atoms with Gasteiger partial charge in [-0.3, -0.25) is 4.79 Å². The molecule has 2 heterocycles. The molecule has 0 radical (unpaired) electrons. The molecule has 2 unspecified atom stereocenters. The highest BCUT2D eigenvalue weighted by Crippen LogP contribution is 2.46.